The lowest BCUT2D eigenvalue weighted by Crippen LogP contribution is -2.43. The van der Waals surface area contributed by atoms with Crippen LogP contribution in [0.5, 0.6) is 0 Å². The predicted molar refractivity (Wildman–Crippen MR) is 112 cm³/mol. The molecule has 0 radical (unpaired) electrons. The van der Waals surface area contributed by atoms with Crippen molar-refractivity contribution in [1.82, 2.24) is 24.5 Å². The number of nitrogens with zero attached hydrogens (tertiary/aromatic N) is 4. The first kappa shape index (κ1) is 22.6. The van der Waals surface area contributed by atoms with Crippen molar-refractivity contribution < 1.29 is 18.0 Å². The van der Waals surface area contributed by atoms with Crippen molar-refractivity contribution in [3.05, 3.63) is 35.6 Å². The number of hydrogen-bond donors (Lipinski definition) is 1. The molecule has 2 fully saturated rings. The summed E-state index contributed by atoms with van der Waals surface area (Å²) in [5, 5.41) is 3.34. The van der Waals surface area contributed by atoms with Crippen molar-refractivity contribution in [2.75, 3.05) is 12.8 Å². The highest BCUT2D eigenvalue weighted by Gasteiger charge is 2.54. The minimum absolute atomic E-state index is 0. The summed E-state index contributed by atoms with van der Waals surface area (Å²) in [6.45, 7) is 4.55. The summed E-state index contributed by atoms with van der Waals surface area (Å²) >= 11 is 0. The summed E-state index contributed by atoms with van der Waals surface area (Å²) < 4.78 is 25.2. The molecule has 30 heavy (non-hydrogen) atoms. The average Bonchev–Trinajstić information content (AvgIpc) is 3.31. The van der Waals surface area contributed by atoms with Crippen LogP contribution < -0.4 is 5.32 Å². The topological polar surface area (TPSA) is 113 Å². The first-order valence-electron chi connectivity index (χ1n) is 9.78. The Morgan fingerprint density at radius 1 is 1.27 bits per heavy atom. The molecule has 2 amide bonds. The van der Waals surface area contributed by atoms with E-state index in [1.807, 2.05) is 13.8 Å². The van der Waals surface area contributed by atoms with Gasteiger partial charge in [0.1, 0.15) is 5.69 Å². The van der Waals surface area contributed by atoms with Crippen molar-refractivity contribution in [3.63, 3.8) is 0 Å². The number of hydrogen-bond acceptors (Lipinski definition) is 7. The van der Waals surface area contributed by atoms with E-state index < -0.39 is 27.9 Å². The molecule has 3 heterocycles. The second-order valence-electron chi connectivity index (χ2n) is 8.21. The standard InChI is InChI=1S/C19H25N5O4S.ClH/c1-11(2)16-17-15(24(19(16)26)29(3,27)28)6-7-23(17)18(25)14-10-21-13(9-22-14)8-20-12-4-5-12;/h6,9-12,16-17,20H,4-5,7-8H2,1-3H3;1H/t16-,17+;/m0./s1. The molecule has 0 unspecified atom stereocenters. The van der Waals surface area contributed by atoms with Crippen LogP contribution in [0, 0.1) is 11.8 Å². The molecule has 1 aliphatic carbocycles. The Kier molecular flexibility index (Phi) is 6.22. The summed E-state index contributed by atoms with van der Waals surface area (Å²) in [6.07, 6.45) is 8.03. The SMILES string of the molecule is CC(C)[C@@H]1C(=O)N(S(C)(=O)=O)C2=CCN(C(=O)c3cnc(CNC4CC4)cn3)[C@H]21.Cl. The smallest absolute Gasteiger partial charge is 0.274 e. The van der Waals surface area contributed by atoms with E-state index in [1.54, 1.807) is 12.3 Å². The molecule has 1 saturated heterocycles. The fourth-order valence-electron chi connectivity index (χ4n) is 4.02. The molecule has 4 rings (SSSR count). The van der Waals surface area contributed by atoms with Crippen LogP contribution in [0.3, 0.4) is 0 Å². The quantitative estimate of drug-likeness (QED) is 0.678. The van der Waals surface area contributed by atoms with Crippen LogP contribution in [0.2, 0.25) is 0 Å². The number of sulfonamides is 1. The van der Waals surface area contributed by atoms with E-state index in [1.165, 1.54) is 23.9 Å². The van der Waals surface area contributed by atoms with Gasteiger partial charge in [-0.2, -0.15) is 0 Å². The lowest BCUT2D eigenvalue weighted by Gasteiger charge is -2.28. The molecule has 0 bridgehead atoms. The zero-order valence-corrected chi connectivity index (χ0v) is 18.7. The second kappa shape index (κ2) is 8.24. The van der Waals surface area contributed by atoms with Gasteiger partial charge in [-0.05, 0) is 24.8 Å². The molecule has 1 saturated carbocycles. The fourth-order valence-corrected chi connectivity index (χ4v) is 5.03. The minimum Gasteiger partial charge on any atom is -0.324 e. The molecule has 11 heteroatoms. The van der Waals surface area contributed by atoms with Gasteiger partial charge in [0.25, 0.3) is 5.91 Å². The third kappa shape index (κ3) is 4.08. The van der Waals surface area contributed by atoms with Crippen LogP contribution in [-0.4, -0.2) is 64.3 Å². The lowest BCUT2D eigenvalue weighted by molar-refractivity contribution is -0.128. The maximum atomic E-state index is 13.1. The van der Waals surface area contributed by atoms with Gasteiger partial charge >= 0.3 is 0 Å². The molecule has 0 spiro atoms. The number of fused-ring (bicyclic) bond motifs is 1. The van der Waals surface area contributed by atoms with Gasteiger partial charge in [0, 0.05) is 19.1 Å². The van der Waals surface area contributed by atoms with Crippen LogP contribution in [0.4, 0.5) is 0 Å². The highest BCUT2D eigenvalue weighted by Crippen LogP contribution is 2.41. The molecular formula is C19H26ClN5O4S. The van der Waals surface area contributed by atoms with Gasteiger partial charge in [-0.1, -0.05) is 13.8 Å². The van der Waals surface area contributed by atoms with Crippen LogP contribution >= 0.6 is 12.4 Å². The van der Waals surface area contributed by atoms with Gasteiger partial charge in [-0.3, -0.25) is 14.6 Å². The van der Waals surface area contributed by atoms with E-state index in [0.29, 0.717) is 18.3 Å². The molecule has 2 aliphatic heterocycles. The second-order valence-corrected chi connectivity index (χ2v) is 10.0. The molecule has 1 N–H and O–H groups in total. The maximum Gasteiger partial charge on any atom is 0.274 e. The van der Waals surface area contributed by atoms with Crippen molar-refractivity contribution in [3.8, 4) is 0 Å². The van der Waals surface area contributed by atoms with Crippen LogP contribution in [-0.2, 0) is 21.4 Å². The van der Waals surface area contributed by atoms with Gasteiger partial charge in [0.15, 0.2) is 0 Å². The molecule has 9 nitrogen and oxygen atoms in total. The number of rotatable bonds is 6. The molecule has 2 atom stereocenters. The fraction of sp³-hybridized carbons (Fsp3) is 0.579. The van der Waals surface area contributed by atoms with Crippen LogP contribution in [0.1, 0.15) is 42.9 Å². The van der Waals surface area contributed by atoms with E-state index in [4.69, 9.17) is 0 Å². The van der Waals surface area contributed by atoms with E-state index in [2.05, 4.69) is 15.3 Å². The highest BCUT2D eigenvalue weighted by atomic mass is 35.5. The Morgan fingerprint density at radius 3 is 2.50 bits per heavy atom. The molecule has 1 aromatic rings. The average molecular weight is 456 g/mol. The summed E-state index contributed by atoms with van der Waals surface area (Å²) in [5.41, 5.74) is 1.30. The third-order valence-electron chi connectivity index (χ3n) is 5.58. The van der Waals surface area contributed by atoms with E-state index in [0.717, 1.165) is 16.3 Å². The number of aromatic nitrogens is 2. The zero-order valence-electron chi connectivity index (χ0n) is 17.1. The first-order valence-corrected chi connectivity index (χ1v) is 11.6. The molecule has 0 aromatic carbocycles. The van der Waals surface area contributed by atoms with Crippen molar-refractivity contribution >= 4 is 34.2 Å². The normalized spacial score (nSPS) is 23.5. The molecule has 1 aromatic heterocycles. The largest absolute Gasteiger partial charge is 0.324 e. The van der Waals surface area contributed by atoms with Gasteiger partial charge in [-0.25, -0.2) is 17.7 Å². The Labute approximate surface area is 182 Å². The van der Waals surface area contributed by atoms with E-state index >= 15 is 0 Å². The minimum atomic E-state index is -3.76. The van der Waals surface area contributed by atoms with Crippen molar-refractivity contribution in [2.45, 2.75) is 45.3 Å². The summed E-state index contributed by atoms with van der Waals surface area (Å²) in [5.74, 6) is -1.58. The van der Waals surface area contributed by atoms with E-state index in [9.17, 15) is 18.0 Å². The number of halogens is 1. The Balaban J connectivity index is 0.00000256. The molecule has 3 aliphatic rings. The van der Waals surface area contributed by atoms with Gasteiger partial charge in [0.2, 0.25) is 15.9 Å². The highest BCUT2D eigenvalue weighted by molar-refractivity contribution is 7.89. The Bertz CT molecular complexity index is 975. The van der Waals surface area contributed by atoms with E-state index in [-0.39, 0.29) is 36.5 Å². The zero-order chi connectivity index (χ0) is 20.9. The van der Waals surface area contributed by atoms with Crippen LogP contribution in [0.25, 0.3) is 0 Å². The maximum absolute atomic E-state index is 13.1. The Hall–Kier alpha value is -2.04. The summed E-state index contributed by atoms with van der Waals surface area (Å²) in [4.78, 5) is 36.0. The van der Waals surface area contributed by atoms with Crippen LogP contribution in [0.15, 0.2) is 24.2 Å². The van der Waals surface area contributed by atoms with Gasteiger partial charge in [0.05, 0.1) is 42.0 Å². The summed E-state index contributed by atoms with van der Waals surface area (Å²) in [7, 11) is -3.76. The lowest BCUT2D eigenvalue weighted by atomic mass is 9.89. The monoisotopic (exact) mass is 455 g/mol. The summed E-state index contributed by atoms with van der Waals surface area (Å²) in [6, 6.07) is -0.0550. The first-order chi connectivity index (χ1) is 13.7. The molecule has 164 valence electrons. The van der Waals surface area contributed by atoms with Gasteiger partial charge < -0.3 is 10.2 Å². The number of carbonyl (C=O) groups excluding carboxylic acids is 2. The third-order valence-corrected chi connectivity index (χ3v) is 6.63. The van der Waals surface area contributed by atoms with Crippen molar-refractivity contribution in [1.29, 1.82) is 0 Å². The van der Waals surface area contributed by atoms with Crippen molar-refractivity contribution in [2.24, 2.45) is 11.8 Å². The van der Waals surface area contributed by atoms with Gasteiger partial charge in [-0.15, -0.1) is 12.4 Å². The number of carbonyl (C=O) groups is 2. The number of nitrogens with one attached hydrogen (secondary N) is 1. The molecular weight excluding hydrogens is 430 g/mol. The Morgan fingerprint density at radius 2 is 1.97 bits per heavy atom. The number of amides is 2. The predicted octanol–water partition coefficient (Wildman–Crippen LogP) is 0.933.